The van der Waals surface area contributed by atoms with Crippen molar-refractivity contribution in [2.45, 2.75) is 51.6 Å². The Morgan fingerprint density at radius 1 is 1.24 bits per heavy atom. The molecule has 1 aromatic heterocycles. The minimum Gasteiger partial charge on any atom is -0.370 e. The van der Waals surface area contributed by atoms with E-state index in [1.54, 1.807) is 32.2 Å². The monoisotopic (exact) mass is 525 g/mol. The van der Waals surface area contributed by atoms with Crippen LogP contribution < -0.4 is 16.0 Å². The SMILES string of the molecule is CCCNc1nc(Nc2cccc(F)c2)ncc1C[C@H]1C[C@@H](NC(=O)[C@H](C)N(C)C(=O)/C=C/CN(C)C)C1. The lowest BCUT2D eigenvalue weighted by Crippen LogP contribution is -2.52. The third-order valence-corrected chi connectivity index (χ3v) is 6.62. The minimum atomic E-state index is -0.554. The molecule has 3 N–H and O–H groups in total. The molecule has 2 amide bonds. The largest absolute Gasteiger partial charge is 0.370 e. The summed E-state index contributed by atoms with van der Waals surface area (Å²) in [6.45, 7) is 5.27. The van der Waals surface area contributed by atoms with Crippen LogP contribution in [-0.4, -0.2) is 77.9 Å². The summed E-state index contributed by atoms with van der Waals surface area (Å²) in [5.74, 6) is 0.907. The highest BCUT2D eigenvalue weighted by atomic mass is 19.1. The van der Waals surface area contributed by atoms with Gasteiger partial charge >= 0.3 is 0 Å². The number of hydrogen-bond acceptors (Lipinski definition) is 7. The number of benzene rings is 1. The summed E-state index contributed by atoms with van der Waals surface area (Å²) in [5.41, 5.74) is 1.60. The van der Waals surface area contributed by atoms with Gasteiger partial charge < -0.3 is 25.8 Å². The number of carbonyl (C=O) groups is 2. The number of nitrogens with zero attached hydrogens (tertiary/aromatic N) is 4. The minimum absolute atomic E-state index is 0.0876. The predicted octanol–water partition coefficient (Wildman–Crippen LogP) is 3.58. The Bertz CT molecular complexity index is 1120. The highest BCUT2D eigenvalue weighted by molar-refractivity contribution is 5.92. The fourth-order valence-electron chi connectivity index (χ4n) is 4.21. The molecule has 1 aliphatic rings. The van der Waals surface area contributed by atoms with E-state index >= 15 is 0 Å². The highest BCUT2D eigenvalue weighted by Crippen LogP contribution is 2.32. The first-order valence-corrected chi connectivity index (χ1v) is 13.2. The third kappa shape index (κ3) is 8.51. The average molecular weight is 526 g/mol. The van der Waals surface area contributed by atoms with Gasteiger partial charge in [0.05, 0.1) is 0 Å². The maximum Gasteiger partial charge on any atom is 0.246 e. The first kappa shape index (κ1) is 29.0. The van der Waals surface area contributed by atoms with E-state index in [2.05, 4.69) is 32.8 Å². The lowest BCUT2D eigenvalue weighted by Gasteiger charge is -2.37. The Labute approximate surface area is 224 Å². The number of carbonyl (C=O) groups excluding carboxylic acids is 2. The second-order valence-corrected chi connectivity index (χ2v) is 10.2. The first-order valence-electron chi connectivity index (χ1n) is 13.2. The summed E-state index contributed by atoms with van der Waals surface area (Å²) in [6, 6.07) is 5.72. The van der Waals surface area contributed by atoms with Crippen LogP contribution in [0.2, 0.25) is 0 Å². The van der Waals surface area contributed by atoms with Gasteiger partial charge in [-0.2, -0.15) is 4.98 Å². The van der Waals surface area contributed by atoms with E-state index < -0.39 is 6.04 Å². The van der Waals surface area contributed by atoms with Crippen molar-refractivity contribution in [1.29, 1.82) is 0 Å². The van der Waals surface area contributed by atoms with Crippen molar-refractivity contribution in [2.24, 2.45) is 5.92 Å². The molecule has 0 unspecified atom stereocenters. The number of rotatable bonds is 13. The van der Waals surface area contributed by atoms with Crippen LogP contribution >= 0.6 is 0 Å². The Kier molecular flexibility index (Phi) is 10.6. The molecule has 0 saturated heterocycles. The summed E-state index contributed by atoms with van der Waals surface area (Å²) in [5, 5.41) is 9.51. The molecule has 1 saturated carbocycles. The summed E-state index contributed by atoms with van der Waals surface area (Å²) in [6.07, 6.45) is 8.57. The number of anilines is 3. The molecule has 10 heteroatoms. The Balaban J connectivity index is 1.52. The zero-order valence-electron chi connectivity index (χ0n) is 23.0. The molecule has 206 valence electrons. The van der Waals surface area contributed by atoms with E-state index in [-0.39, 0.29) is 23.7 Å². The van der Waals surface area contributed by atoms with Crippen molar-refractivity contribution < 1.29 is 14.0 Å². The van der Waals surface area contributed by atoms with E-state index in [0.717, 1.165) is 43.6 Å². The van der Waals surface area contributed by atoms with Crippen molar-refractivity contribution >= 4 is 29.3 Å². The normalized spacial score (nSPS) is 17.7. The van der Waals surface area contributed by atoms with Gasteiger partial charge in [-0.3, -0.25) is 9.59 Å². The molecule has 1 aliphatic carbocycles. The number of aromatic nitrogens is 2. The molecule has 0 radical (unpaired) electrons. The third-order valence-electron chi connectivity index (χ3n) is 6.62. The molecule has 1 fully saturated rings. The Hall–Kier alpha value is -3.53. The quantitative estimate of drug-likeness (QED) is 0.344. The van der Waals surface area contributed by atoms with Crippen LogP contribution in [0.4, 0.5) is 21.8 Å². The van der Waals surface area contributed by atoms with Gasteiger partial charge in [0.1, 0.15) is 17.7 Å². The van der Waals surface area contributed by atoms with E-state index in [1.807, 2.05) is 25.2 Å². The van der Waals surface area contributed by atoms with E-state index in [4.69, 9.17) is 0 Å². The second kappa shape index (κ2) is 13.9. The number of amides is 2. The zero-order chi connectivity index (χ0) is 27.7. The lowest BCUT2D eigenvalue weighted by atomic mass is 9.76. The Morgan fingerprint density at radius 3 is 2.68 bits per heavy atom. The number of halogens is 1. The molecule has 1 heterocycles. The van der Waals surface area contributed by atoms with Crippen LogP contribution in [-0.2, 0) is 16.0 Å². The van der Waals surface area contributed by atoms with Crippen LogP contribution in [0.25, 0.3) is 0 Å². The Morgan fingerprint density at radius 2 is 2.00 bits per heavy atom. The van der Waals surface area contributed by atoms with Gasteiger partial charge in [-0.15, -0.1) is 0 Å². The lowest BCUT2D eigenvalue weighted by molar-refractivity contribution is -0.135. The molecule has 0 spiro atoms. The van der Waals surface area contributed by atoms with Crippen molar-refractivity contribution in [3.8, 4) is 0 Å². The maximum absolute atomic E-state index is 13.5. The van der Waals surface area contributed by atoms with Gasteiger partial charge in [-0.1, -0.05) is 19.1 Å². The van der Waals surface area contributed by atoms with Gasteiger partial charge in [-0.25, -0.2) is 9.37 Å². The molecule has 2 aromatic rings. The molecular weight excluding hydrogens is 485 g/mol. The van der Waals surface area contributed by atoms with Crippen LogP contribution in [0.3, 0.4) is 0 Å². The summed E-state index contributed by atoms with van der Waals surface area (Å²) in [4.78, 5) is 37.6. The van der Waals surface area contributed by atoms with Gasteiger partial charge in [0.15, 0.2) is 0 Å². The van der Waals surface area contributed by atoms with E-state index in [9.17, 15) is 14.0 Å². The standard InChI is InChI=1S/C28H40FN7O2/c1-6-12-30-26-21(18-31-28(34-26)33-23-10-7-9-22(29)17-23)14-20-15-24(16-20)32-27(38)19(2)36(5)25(37)11-8-13-35(3)4/h7-11,17-20,24H,6,12-16H2,1-5H3,(H,32,38)(H2,30,31,33,34)/b11-8+/t19-,20-,24+/m0/s1. The molecule has 9 nitrogen and oxygen atoms in total. The molecule has 1 aromatic carbocycles. The van der Waals surface area contributed by atoms with Crippen molar-refractivity contribution in [3.05, 3.63) is 54.0 Å². The van der Waals surface area contributed by atoms with Gasteiger partial charge in [0, 0.05) is 49.7 Å². The van der Waals surface area contributed by atoms with E-state index in [1.165, 1.54) is 23.1 Å². The fourth-order valence-corrected chi connectivity index (χ4v) is 4.21. The van der Waals surface area contributed by atoms with E-state index in [0.29, 0.717) is 24.1 Å². The topological polar surface area (TPSA) is 102 Å². The maximum atomic E-state index is 13.5. The molecule has 38 heavy (non-hydrogen) atoms. The first-order chi connectivity index (χ1) is 18.2. The average Bonchev–Trinajstić information content (AvgIpc) is 2.85. The van der Waals surface area contributed by atoms with Crippen LogP contribution in [0.5, 0.6) is 0 Å². The van der Waals surface area contributed by atoms with Gasteiger partial charge in [-0.05, 0) is 70.8 Å². The molecule has 1 atom stereocenters. The summed E-state index contributed by atoms with van der Waals surface area (Å²) in [7, 11) is 5.50. The number of hydrogen-bond donors (Lipinski definition) is 3. The second-order valence-electron chi connectivity index (χ2n) is 10.2. The molecule has 0 aliphatic heterocycles. The number of likely N-dealkylation sites (N-methyl/N-ethyl adjacent to an activating group) is 2. The van der Waals surface area contributed by atoms with Crippen molar-refractivity contribution in [3.63, 3.8) is 0 Å². The molecule has 3 rings (SSSR count). The van der Waals surface area contributed by atoms with Crippen molar-refractivity contribution in [1.82, 2.24) is 25.1 Å². The van der Waals surface area contributed by atoms with Gasteiger partial charge in [0.25, 0.3) is 0 Å². The highest BCUT2D eigenvalue weighted by Gasteiger charge is 2.33. The fraction of sp³-hybridized carbons (Fsp3) is 0.500. The van der Waals surface area contributed by atoms with Crippen molar-refractivity contribution in [2.75, 3.05) is 44.9 Å². The van der Waals surface area contributed by atoms with Crippen LogP contribution in [0, 0.1) is 11.7 Å². The summed E-state index contributed by atoms with van der Waals surface area (Å²) >= 11 is 0. The van der Waals surface area contributed by atoms with Crippen LogP contribution in [0.15, 0.2) is 42.6 Å². The number of nitrogens with one attached hydrogen (secondary N) is 3. The molecule has 0 bridgehead atoms. The van der Waals surface area contributed by atoms with Gasteiger partial charge in [0.2, 0.25) is 17.8 Å². The zero-order valence-corrected chi connectivity index (χ0v) is 23.0. The predicted molar refractivity (Wildman–Crippen MR) is 149 cm³/mol. The van der Waals surface area contributed by atoms with Crippen LogP contribution in [0.1, 0.15) is 38.7 Å². The smallest absolute Gasteiger partial charge is 0.246 e. The summed E-state index contributed by atoms with van der Waals surface area (Å²) < 4.78 is 13.5. The molecular formula is C28H40FN7O2.